The summed E-state index contributed by atoms with van der Waals surface area (Å²) in [6.45, 7) is 5.23. The number of hydrogen-bond donors (Lipinski definition) is 0. The number of fused-ring (bicyclic) bond motifs is 1. The number of halogens is 3. The van der Waals surface area contributed by atoms with Crippen LogP contribution in [0.4, 0.5) is 8.78 Å². The first kappa shape index (κ1) is 21.9. The van der Waals surface area contributed by atoms with Crippen molar-refractivity contribution in [1.29, 1.82) is 0 Å². The lowest BCUT2D eigenvalue weighted by atomic mass is 10.1. The first-order chi connectivity index (χ1) is 16.0. The number of aromatic nitrogens is 4. The van der Waals surface area contributed by atoms with Crippen molar-refractivity contribution >= 4 is 22.6 Å². The second-order valence-corrected chi connectivity index (χ2v) is 8.62. The zero-order valence-corrected chi connectivity index (χ0v) is 18.9. The van der Waals surface area contributed by atoms with Crippen LogP contribution in [-0.2, 0) is 6.54 Å². The Morgan fingerprint density at radius 1 is 0.879 bits per heavy atom. The fourth-order valence-electron chi connectivity index (χ4n) is 4.14. The number of benzene rings is 2. The smallest absolute Gasteiger partial charge is 0.182 e. The van der Waals surface area contributed by atoms with Gasteiger partial charge in [-0.05, 0) is 19.2 Å². The van der Waals surface area contributed by atoms with E-state index in [-0.39, 0.29) is 11.3 Å². The van der Waals surface area contributed by atoms with Gasteiger partial charge >= 0.3 is 0 Å². The third-order valence-corrected chi connectivity index (χ3v) is 6.44. The quantitative estimate of drug-likeness (QED) is 0.436. The minimum atomic E-state index is -0.961. The second-order valence-electron chi connectivity index (χ2n) is 8.25. The van der Waals surface area contributed by atoms with Gasteiger partial charge in [-0.15, -0.1) is 10.2 Å². The average Bonchev–Trinajstić information content (AvgIpc) is 3.20. The molecule has 6 nitrogen and oxygen atoms in total. The molecular weight excluding hydrogens is 446 g/mol. The SMILES string of the molecule is CN1CCN(CCn2nc(-c3cccc(F)c3F)c3c(Cl)c(-c4ccccc4)nnc32)CC1. The van der Waals surface area contributed by atoms with Crippen molar-refractivity contribution in [3.05, 3.63) is 65.2 Å². The summed E-state index contributed by atoms with van der Waals surface area (Å²) in [6.07, 6.45) is 0. The largest absolute Gasteiger partial charge is 0.304 e. The molecule has 1 aliphatic rings. The van der Waals surface area contributed by atoms with Crippen molar-refractivity contribution < 1.29 is 8.78 Å². The van der Waals surface area contributed by atoms with Gasteiger partial charge in [0.1, 0.15) is 11.4 Å². The molecule has 1 aliphatic heterocycles. The Balaban J connectivity index is 1.61. The predicted molar refractivity (Wildman–Crippen MR) is 125 cm³/mol. The Kier molecular flexibility index (Phi) is 6.05. The van der Waals surface area contributed by atoms with E-state index in [0.29, 0.717) is 28.3 Å². The maximum absolute atomic E-state index is 14.8. The highest BCUT2D eigenvalue weighted by atomic mass is 35.5. The van der Waals surface area contributed by atoms with Crippen molar-refractivity contribution in [2.45, 2.75) is 6.54 Å². The molecule has 33 heavy (non-hydrogen) atoms. The molecule has 1 saturated heterocycles. The lowest BCUT2D eigenvalue weighted by Crippen LogP contribution is -2.45. The van der Waals surface area contributed by atoms with E-state index < -0.39 is 11.6 Å². The van der Waals surface area contributed by atoms with Crippen molar-refractivity contribution in [3.63, 3.8) is 0 Å². The highest BCUT2D eigenvalue weighted by molar-refractivity contribution is 6.38. The van der Waals surface area contributed by atoms with Gasteiger partial charge in [0.15, 0.2) is 17.3 Å². The molecule has 0 amide bonds. The van der Waals surface area contributed by atoms with E-state index in [4.69, 9.17) is 11.6 Å². The molecule has 3 heterocycles. The average molecular weight is 469 g/mol. The van der Waals surface area contributed by atoms with E-state index in [1.807, 2.05) is 30.3 Å². The highest BCUT2D eigenvalue weighted by Gasteiger charge is 2.24. The second kappa shape index (κ2) is 9.13. The summed E-state index contributed by atoms with van der Waals surface area (Å²) < 4.78 is 30.5. The predicted octanol–water partition coefficient (Wildman–Crippen LogP) is 4.34. The Bertz CT molecular complexity index is 1290. The van der Waals surface area contributed by atoms with Crippen molar-refractivity contribution in [1.82, 2.24) is 29.8 Å². The summed E-state index contributed by atoms with van der Waals surface area (Å²) in [6, 6.07) is 13.5. The summed E-state index contributed by atoms with van der Waals surface area (Å²) in [5.74, 6) is -1.90. The van der Waals surface area contributed by atoms with Crippen LogP contribution in [0.5, 0.6) is 0 Å². The molecule has 0 N–H and O–H groups in total. The van der Waals surface area contributed by atoms with E-state index in [2.05, 4.69) is 32.1 Å². The first-order valence-corrected chi connectivity index (χ1v) is 11.2. The van der Waals surface area contributed by atoms with Gasteiger partial charge in [0.2, 0.25) is 0 Å². The van der Waals surface area contributed by atoms with Gasteiger partial charge in [-0.25, -0.2) is 13.5 Å². The number of nitrogens with zero attached hydrogens (tertiary/aromatic N) is 6. The standard InChI is InChI=1S/C24H23ClF2N6/c1-31-10-12-32(13-11-31)14-15-33-24-19(23(30-33)17-8-5-9-18(26)21(17)27)20(25)22(28-29-24)16-6-3-2-4-7-16/h2-9H,10-15H2,1H3. The number of likely N-dealkylation sites (N-methyl/N-ethyl adjacent to an activating group) is 1. The molecule has 0 spiro atoms. The van der Waals surface area contributed by atoms with E-state index >= 15 is 0 Å². The molecule has 5 rings (SSSR count). The van der Waals surface area contributed by atoms with Crippen LogP contribution in [0, 0.1) is 11.6 Å². The van der Waals surface area contributed by atoms with Crippen LogP contribution in [0.1, 0.15) is 0 Å². The molecule has 4 aromatic rings. The number of piperazine rings is 1. The first-order valence-electron chi connectivity index (χ1n) is 10.9. The van der Waals surface area contributed by atoms with Crippen LogP contribution in [-0.4, -0.2) is 69.5 Å². The Morgan fingerprint density at radius 2 is 1.64 bits per heavy atom. The molecule has 2 aromatic carbocycles. The highest BCUT2D eigenvalue weighted by Crippen LogP contribution is 2.38. The normalized spacial score (nSPS) is 15.4. The van der Waals surface area contributed by atoms with Crippen LogP contribution >= 0.6 is 11.6 Å². The van der Waals surface area contributed by atoms with E-state index in [1.54, 1.807) is 4.68 Å². The molecule has 0 saturated carbocycles. The van der Waals surface area contributed by atoms with Gasteiger partial charge in [-0.1, -0.05) is 48.0 Å². The van der Waals surface area contributed by atoms with Crippen molar-refractivity contribution in [3.8, 4) is 22.5 Å². The van der Waals surface area contributed by atoms with E-state index in [9.17, 15) is 8.78 Å². The lowest BCUT2D eigenvalue weighted by Gasteiger charge is -2.32. The van der Waals surface area contributed by atoms with Gasteiger partial charge < -0.3 is 4.90 Å². The van der Waals surface area contributed by atoms with Crippen LogP contribution in [0.3, 0.4) is 0 Å². The van der Waals surface area contributed by atoms with Crippen molar-refractivity contribution in [2.75, 3.05) is 39.8 Å². The van der Waals surface area contributed by atoms with Crippen LogP contribution in [0.2, 0.25) is 5.02 Å². The molecular formula is C24H23ClF2N6. The molecule has 0 unspecified atom stereocenters. The van der Waals surface area contributed by atoms with Crippen molar-refractivity contribution in [2.24, 2.45) is 0 Å². The molecule has 170 valence electrons. The maximum atomic E-state index is 14.8. The maximum Gasteiger partial charge on any atom is 0.182 e. The Hall–Kier alpha value is -2.94. The molecule has 0 atom stereocenters. The van der Waals surface area contributed by atoms with Crippen LogP contribution in [0.15, 0.2) is 48.5 Å². The summed E-state index contributed by atoms with van der Waals surface area (Å²) in [7, 11) is 2.11. The summed E-state index contributed by atoms with van der Waals surface area (Å²) >= 11 is 6.81. The summed E-state index contributed by atoms with van der Waals surface area (Å²) in [5.41, 5.74) is 2.02. The van der Waals surface area contributed by atoms with Crippen LogP contribution in [0.25, 0.3) is 33.5 Å². The summed E-state index contributed by atoms with van der Waals surface area (Å²) in [5, 5.41) is 14.2. The Labute approximate surface area is 195 Å². The van der Waals surface area contributed by atoms with Gasteiger partial charge in [0, 0.05) is 43.9 Å². The molecule has 1 fully saturated rings. The fraction of sp³-hybridized carbons (Fsp3) is 0.292. The zero-order chi connectivity index (χ0) is 22.9. The molecule has 0 aliphatic carbocycles. The Morgan fingerprint density at radius 3 is 2.39 bits per heavy atom. The van der Waals surface area contributed by atoms with Gasteiger partial charge in [-0.2, -0.15) is 5.10 Å². The van der Waals surface area contributed by atoms with Gasteiger partial charge in [0.25, 0.3) is 0 Å². The fourth-order valence-corrected chi connectivity index (χ4v) is 4.46. The zero-order valence-electron chi connectivity index (χ0n) is 18.2. The van der Waals surface area contributed by atoms with Gasteiger partial charge in [0.05, 0.1) is 17.0 Å². The van der Waals surface area contributed by atoms with E-state index in [1.165, 1.54) is 12.1 Å². The lowest BCUT2D eigenvalue weighted by molar-refractivity contribution is 0.149. The van der Waals surface area contributed by atoms with E-state index in [0.717, 1.165) is 44.4 Å². The summed E-state index contributed by atoms with van der Waals surface area (Å²) in [4.78, 5) is 4.64. The third kappa shape index (κ3) is 4.21. The van der Waals surface area contributed by atoms with Gasteiger partial charge in [-0.3, -0.25) is 4.90 Å². The van der Waals surface area contributed by atoms with Crippen LogP contribution < -0.4 is 0 Å². The molecule has 0 bridgehead atoms. The third-order valence-electron chi connectivity index (χ3n) is 6.08. The molecule has 0 radical (unpaired) electrons. The molecule has 2 aromatic heterocycles. The minimum absolute atomic E-state index is 0.0484. The minimum Gasteiger partial charge on any atom is -0.304 e. The monoisotopic (exact) mass is 468 g/mol. The topological polar surface area (TPSA) is 50.1 Å². The number of hydrogen-bond acceptors (Lipinski definition) is 5. The molecule has 9 heteroatoms. The number of rotatable bonds is 5.